The van der Waals surface area contributed by atoms with Crippen LogP contribution in [0.5, 0.6) is 0 Å². The lowest BCUT2D eigenvalue weighted by Gasteiger charge is -2.24. The molecule has 0 aromatic carbocycles. The molecule has 0 fully saturated rings. The maximum Gasteiger partial charge on any atom is 0.237 e. The summed E-state index contributed by atoms with van der Waals surface area (Å²) < 4.78 is 0. The number of thioether (sulfide) groups is 1. The molecular formula is C9H13N3O2S. The Morgan fingerprint density at radius 2 is 2.47 bits per heavy atom. The van der Waals surface area contributed by atoms with Crippen LogP contribution in [0, 0.1) is 5.92 Å². The molecule has 0 bridgehead atoms. The lowest BCUT2D eigenvalue weighted by molar-refractivity contribution is -0.123. The minimum Gasteiger partial charge on any atom is -0.396 e. The molecule has 0 saturated heterocycles. The van der Waals surface area contributed by atoms with Crippen LogP contribution in [-0.4, -0.2) is 35.2 Å². The molecule has 0 aromatic heterocycles. The van der Waals surface area contributed by atoms with Crippen molar-refractivity contribution in [1.29, 1.82) is 0 Å². The molecule has 15 heavy (non-hydrogen) atoms. The number of hydrogen-bond acceptors (Lipinski definition) is 5. The van der Waals surface area contributed by atoms with Gasteiger partial charge in [-0.1, -0.05) is 11.8 Å². The Hall–Kier alpha value is -1.01. The summed E-state index contributed by atoms with van der Waals surface area (Å²) in [5.74, 6) is -0.294. The standard InChI is InChI=1S/C9H13N3O2S/c1-15-9-11-7-6(8(14)12-9)5(2-3-13)4-10-7/h4,6-7,10,13H,2-3H2,1H3,(H,11,12,14). The first-order valence-corrected chi connectivity index (χ1v) is 5.97. The fourth-order valence-electron chi connectivity index (χ4n) is 1.81. The summed E-state index contributed by atoms with van der Waals surface area (Å²) in [4.78, 5) is 16.1. The van der Waals surface area contributed by atoms with Crippen LogP contribution in [0.2, 0.25) is 0 Å². The topological polar surface area (TPSA) is 73.7 Å². The van der Waals surface area contributed by atoms with Crippen LogP contribution >= 0.6 is 11.8 Å². The number of aliphatic hydroxyl groups excluding tert-OH is 1. The largest absolute Gasteiger partial charge is 0.396 e. The monoisotopic (exact) mass is 227 g/mol. The molecule has 3 N–H and O–H groups in total. The van der Waals surface area contributed by atoms with E-state index in [9.17, 15) is 4.79 Å². The molecule has 82 valence electrons. The zero-order valence-corrected chi connectivity index (χ0v) is 9.17. The fraction of sp³-hybridized carbons (Fsp3) is 0.556. The third-order valence-electron chi connectivity index (χ3n) is 2.52. The van der Waals surface area contributed by atoms with Crippen LogP contribution in [0.4, 0.5) is 0 Å². The van der Waals surface area contributed by atoms with Crippen molar-refractivity contribution in [2.75, 3.05) is 12.9 Å². The number of hydrogen-bond donors (Lipinski definition) is 3. The number of carbonyl (C=O) groups excluding carboxylic acids is 1. The van der Waals surface area contributed by atoms with Gasteiger partial charge in [0.25, 0.3) is 0 Å². The Labute approximate surface area is 92.0 Å². The van der Waals surface area contributed by atoms with Crippen LogP contribution < -0.4 is 10.6 Å². The summed E-state index contributed by atoms with van der Waals surface area (Å²) in [6.07, 6.45) is 3.99. The van der Waals surface area contributed by atoms with E-state index in [4.69, 9.17) is 5.11 Å². The molecule has 2 atom stereocenters. The number of aliphatic imine (C=N–C) groups is 1. The summed E-state index contributed by atoms with van der Waals surface area (Å²) in [6.45, 7) is 0.0586. The predicted octanol–water partition coefficient (Wildman–Crippen LogP) is -0.353. The highest BCUT2D eigenvalue weighted by atomic mass is 32.2. The van der Waals surface area contributed by atoms with Gasteiger partial charge in [0.05, 0.1) is 0 Å². The Kier molecular flexibility index (Phi) is 2.97. The average molecular weight is 227 g/mol. The van der Waals surface area contributed by atoms with Gasteiger partial charge in [-0.2, -0.15) is 0 Å². The van der Waals surface area contributed by atoms with Crippen LogP contribution in [0.3, 0.4) is 0 Å². The maximum absolute atomic E-state index is 11.8. The molecule has 2 rings (SSSR count). The van der Waals surface area contributed by atoms with Gasteiger partial charge in [-0.3, -0.25) is 4.79 Å². The highest BCUT2D eigenvalue weighted by Crippen LogP contribution is 2.27. The van der Waals surface area contributed by atoms with E-state index < -0.39 is 0 Å². The highest BCUT2D eigenvalue weighted by Gasteiger charge is 2.38. The van der Waals surface area contributed by atoms with Gasteiger partial charge in [0.2, 0.25) is 5.91 Å². The van der Waals surface area contributed by atoms with E-state index in [1.807, 2.05) is 6.26 Å². The first-order valence-electron chi connectivity index (χ1n) is 4.74. The van der Waals surface area contributed by atoms with E-state index in [0.717, 1.165) is 5.57 Å². The zero-order chi connectivity index (χ0) is 10.8. The van der Waals surface area contributed by atoms with Gasteiger partial charge in [0.1, 0.15) is 12.1 Å². The first-order chi connectivity index (χ1) is 7.26. The molecule has 6 heteroatoms. The number of amidine groups is 1. The molecule has 0 spiro atoms. The summed E-state index contributed by atoms with van der Waals surface area (Å²) >= 11 is 1.42. The number of carbonyl (C=O) groups is 1. The smallest absolute Gasteiger partial charge is 0.237 e. The normalized spacial score (nSPS) is 28.8. The quantitative estimate of drug-likeness (QED) is 0.602. The third kappa shape index (κ3) is 1.87. The molecule has 2 aliphatic heterocycles. The molecule has 2 aliphatic rings. The van der Waals surface area contributed by atoms with E-state index in [1.165, 1.54) is 11.8 Å². The van der Waals surface area contributed by atoms with Gasteiger partial charge in [-0.05, 0) is 24.4 Å². The molecule has 2 heterocycles. The van der Waals surface area contributed by atoms with Gasteiger partial charge in [0, 0.05) is 6.61 Å². The van der Waals surface area contributed by atoms with Crippen molar-refractivity contribution >= 4 is 22.8 Å². The molecule has 5 nitrogen and oxygen atoms in total. The van der Waals surface area contributed by atoms with Crippen molar-refractivity contribution < 1.29 is 9.90 Å². The lowest BCUT2D eigenvalue weighted by Crippen LogP contribution is -2.46. The average Bonchev–Trinajstić information content (AvgIpc) is 2.62. The first kappa shape index (κ1) is 10.5. The number of aliphatic hydroxyl groups is 1. The van der Waals surface area contributed by atoms with Crippen molar-refractivity contribution in [2.24, 2.45) is 10.9 Å². The molecule has 2 unspecified atom stereocenters. The van der Waals surface area contributed by atoms with Crippen molar-refractivity contribution in [1.82, 2.24) is 10.6 Å². The second-order valence-corrected chi connectivity index (χ2v) is 4.20. The SMILES string of the molecule is CSC1=NC2NC=C(CCO)C2C(=O)N1. The van der Waals surface area contributed by atoms with Crippen LogP contribution in [0.1, 0.15) is 6.42 Å². The van der Waals surface area contributed by atoms with Crippen LogP contribution in [-0.2, 0) is 4.79 Å². The molecule has 0 radical (unpaired) electrons. The number of fused-ring (bicyclic) bond motifs is 1. The van der Waals surface area contributed by atoms with Gasteiger partial charge in [-0.15, -0.1) is 0 Å². The lowest BCUT2D eigenvalue weighted by atomic mass is 9.96. The Bertz CT molecular complexity index is 340. The molecule has 0 saturated carbocycles. The maximum atomic E-state index is 11.8. The minimum absolute atomic E-state index is 0.0379. The number of amides is 1. The molecular weight excluding hydrogens is 214 g/mol. The van der Waals surface area contributed by atoms with E-state index in [-0.39, 0.29) is 24.6 Å². The highest BCUT2D eigenvalue weighted by molar-refractivity contribution is 8.13. The number of rotatable bonds is 2. The van der Waals surface area contributed by atoms with E-state index >= 15 is 0 Å². The Balaban J connectivity index is 2.17. The van der Waals surface area contributed by atoms with Crippen molar-refractivity contribution in [2.45, 2.75) is 12.6 Å². The molecule has 0 aromatic rings. The summed E-state index contributed by atoms with van der Waals surface area (Å²) in [6, 6.07) is 0. The van der Waals surface area contributed by atoms with Gasteiger partial charge in [0.15, 0.2) is 5.17 Å². The van der Waals surface area contributed by atoms with E-state index in [2.05, 4.69) is 15.6 Å². The van der Waals surface area contributed by atoms with E-state index in [0.29, 0.717) is 11.6 Å². The molecule has 1 amide bonds. The second kappa shape index (κ2) is 4.24. The van der Waals surface area contributed by atoms with Gasteiger partial charge < -0.3 is 15.7 Å². The van der Waals surface area contributed by atoms with Crippen molar-refractivity contribution in [3.63, 3.8) is 0 Å². The van der Waals surface area contributed by atoms with Gasteiger partial charge in [-0.25, -0.2) is 4.99 Å². The zero-order valence-electron chi connectivity index (χ0n) is 8.36. The van der Waals surface area contributed by atoms with E-state index in [1.54, 1.807) is 6.20 Å². The van der Waals surface area contributed by atoms with Crippen LogP contribution in [0.15, 0.2) is 16.8 Å². The summed E-state index contributed by atoms with van der Waals surface area (Å²) in [5, 5.41) is 15.3. The Morgan fingerprint density at radius 3 is 3.13 bits per heavy atom. The Morgan fingerprint density at radius 1 is 1.67 bits per heavy atom. The van der Waals surface area contributed by atoms with Crippen molar-refractivity contribution in [3.8, 4) is 0 Å². The molecule has 0 aliphatic carbocycles. The minimum atomic E-state index is -0.256. The van der Waals surface area contributed by atoms with Crippen LogP contribution in [0.25, 0.3) is 0 Å². The van der Waals surface area contributed by atoms with Crippen molar-refractivity contribution in [3.05, 3.63) is 11.8 Å². The fourth-order valence-corrected chi connectivity index (χ4v) is 2.23. The number of nitrogens with zero attached hydrogens (tertiary/aromatic N) is 1. The predicted molar refractivity (Wildman–Crippen MR) is 59.3 cm³/mol. The summed E-state index contributed by atoms with van der Waals surface area (Å²) in [5.41, 5.74) is 0.920. The summed E-state index contributed by atoms with van der Waals surface area (Å²) in [7, 11) is 0. The second-order valence-electron chi connectivity index (χ2n) is 3.41. The third-order valence-corrected chi connectivity index (χ3v) is 3.11. The van der Waals surface area contributed by atoms with Gasteiger partial charge >= 0.3 is 0 Å². The number of nitrogens with one attached hydrogen (secondary N) is 2.